The van der Waals surface area contributed by atoms with E-state index in [0.29, 0.717) is 18.7 Å². The summed E-state index contributed by atoms with van der Waals surface area (Å²) in [5.41, 5.74) is 0.223. The van der Waals surface area contributed by atoms with Crippen LogP contribution < -0.4 is 0 Å². The summed E-state index contributed by atoms with van der Waals surface area (Å²) >= 11 is 6.05. The van der Waals surface area contributed by atoms with Gasteiger partial charge >= 0.3 is 6.03 Å². The fourth-order valence-electron chi connectivity index (χ4n) is 2.42. The lowest BCUT2D eigenvalue weighted by atomic mass is 10.2. The van der Waals surface area contributed by atoms with Crippen LogP contribution in [-0.2, 0) is 9.84 Å². The Balaban J connectivity index is 2.64. The molecule has 1 aromatic carbocycles. The maximum atomic E-state index is 13.0. The summed E-state index contributed by atoms with van der Waals surface area (Å²) in [4.78, 5) is 13.7. The topological polar surface area (TPSA) is 96.1 Å². The molecule has 0 spiro atoms. The molecule has 7 nitrogen and oxygen atoms in total. The Hall–Kier alpha value is -2.37. The van der Waals surface area contributed by atoms with Gasteiger partial charge in [-0.2, -0.15) is 15.0 Å². The van der Waals surface area contributed by atoms with E-state index in [4.69, 9.17) is 11.6 Å². The molecule has 0 fully saturated rings. The smallest absolute Gasteiger partial charge is 0.323 e. The van der Waals surface area contributed by atoms with E-state index >= 15 is 0 Å². The standard InChI is InChI=1S/C16H17ClN4O3S/c1-4-20(5-2)16(22)21-10-12(9-18)15(19-21)25(23,24)14-11(3)7-6-8-13(14)17/h6-8,10H,4-5H2,1-3H3. The highest BCUT2D eigenvalue weighted by Crippen LogP contribution is 2.31. The molecule has 1 heterocycles. The number of hydrogen-bond donors (Lipinski definition) is 0. The minimum absolute atomic E-state index is 0.0357. The van der Waals surface area contributed by atoms with E-state index in [9.17, 15) is 18.5 Å². The zero-order valence-electron chi connectivity index (χ0n) is 14.0. The van der Waals surface area contributed by atoms with E-state index in [1.807, 2.05) is 0 Å². The lowest BCUT2D eigenvalue weighted by molar-refractivity contribution is 0.201. The van der Waals surface area contributed by atoms with Crippen molar-refractivity contribution in [3.05, 3.63) is 40.5 Å². The number of carbonyl (C=O) groups excluding carboxylic acids is 1. The van der Waals surface area contributed by atoms with Crippen molar-refractivity contribution in [1.82, 2.24) is 14.7 Å². The first kappa shape index (κ1) is 19.0. The van der Waals surface area contributed by atoms with Gasteiger partial charge in [0.2, 0.25) is 9.84 Å². The van der Waals surface area contributed by atoms with Crippen molar-refractivity contribution in [3.63, 3.8) is 0 Å². The molecule has 0 aliphatic carbocycles. The van der Waals surface area contributed by atoms with Gasteiger partial charge in [-0.15, -0.1) is 0 Å². The third kappa shape index (κ3) is 3.38. The van der Waals surface area contributed by atoms with Gasteiger partial charge < -0.3 is 4.90 Å². The zero-order chi connectivity index (χ0) is 18.8. The number of nitrogens with zero attached hydrogens (tertiary/aromatic N) is 4. The van der Waals surface area contributed by atoms with Gasteiger partial charge in [-0.3, -0.25) is 0 Å². The van der Waals surface area contributed by atoms with E-state index in [1.165, 1.54) is 11.0 Å². The fraction of sp³-hybridized carbons (Fsp3) is 0.312. The molecule has 1 amide bonds. The summed E-state index contributed by atoms with van der Waals surface area (Å²) in [6, 6.07) is 5.96. The van der Waals surface area contributed by atoms with E-state index in [2.05, 4.69) is 5.10 Å². The maximum Gasteiger partial charge on any atom is 0.344 e. The van der Waals surface area contributed by atoms with Gasteiger partial charge in [0.05, 0.1) is 16.1 Å². The van der Waals surface area contributed by atoms with E-state index < -0.39 is 20.9 Å². The Morgan fingerprint density at radius 1 is 1.36 bits per heavy atom. The van der Waals surface area contributed by atoms with Gasteiger partial charge in [0.1, 0.15) is 11.6 Å². The maximum absolute atomic E-state index is 13.0. The first-order valence-corrected chi connectivity index (χ1v) is 9.43. The highest BCUT2D eigenvalue weighted by Gasteiger charge is 2.30. The van der Waals surface area contributed by atoms with Crippen molar-refractivity contribution in [3.8, 4) is 6.07 Å². The first-order chi connectivity index (χ1) is 11.8. The molecule has 2 aromatic rings. The number of aromatic nitrogens is 2. The quantitative estimate of drug-likeness (QED) is 0.812. The molecule has 25 heavy (non-hydrogen) atoms. The van der Waals surface area contributed by atoms with E-state index in [0.717, 1.165) is 10.9 Å². The number of aryl methyl sites for hydroxylation is 1. The molecule has 0 saturated carbocycles. The number of sulfone groups is 1. The average Bonchev–Trinajstić information content (AvgIpc) is 3.00. The Morgan fingerprint density at radius 3 is 2.52 bits per heavy atom. The number of carbonyl (C=O) groups is 1. The minimum atomic E-state index is -4.15. The fourth-order valence-corrected chi connectivity index (χ4v) is 4.54. The summed E-state index contributed by atoms with van der Waals surface area (Å²) in [6.45, 7) is 6.05. The van der Waals surface area contributed by atoms with Crippen LogP contribution >= 0.6 is 11.6 Å². The van der Waals surface area contributed by atoms with Crippen LogP contribution in [0, 0.1) is 18.3 Å². The number of amides is 1. The van der Waals surface area contributed by atoms with Gasteiger partial charge in [0, 0.05) is 13.1 Å². The third-order valence-electron chi connectivity index (χ3n) is 3.72. The second kappa shape index (κ2) is 7.25. The average molecular weight is 381 g/mol. The molecule has 132 valence electrons. The molecule has 2 rings (SSSR count). The summed E-state index contributed by atoms with van der Waals surface area (Å²) in [5.74, 6) is 0. The number of halogens is 1. The largest absolute Gasteiger partial charge is 0.344 e. The van der Waals surface area contributed by atoms with Crippen molar-refractivity contribution < 1.29 is 13.2 Å². The number of nitriles is 1. The zero-order valence-corrected chi connectivity index (χ0v) is 15.6. The van der Waals surface area contributed by atoms with Crippen molar-refractivity contribution in [2.45, 2.75) is 30.7 Å². The predicted molar refractivity (Wildman–Crippen MR) is 92.3 cm³/mol. The molecule has 0 unspecified atom stereocenters. The van der Waals surface area contributed by atoms with Crippen molar-refractivity contribution in [2.75, 3.05) is 13.1 Å². The number of hydrogen-bond acceptors (Lipinski definition) is 5. The van der Waals surface area contributed by atoms with Crippen LogP contribution in [-0.4, -0.2) is 42.2 Å². The highest BCUT2D eigenvalue weighted by atomic mass is 35.5. The molecule has 0 N–H and O–H groups in total. The van der Waals surface area contributed by atoms with E-state index in [-0.39, 0.29) is 15.5 Å². The molecular weight excluding hydrogens is 364 g/mol. The molecule has 1 aromatic heterocycles. The van der Waals surface area contributed by atoms with E-state index in [1.54, 1.807) is 39.0 Å². The molecular formula is C16H17ClN4O3S. The molecule has 0 aliphatic heterocycles. The van der Waals surface area contributed by atoms with Crippen LogP contribution in [0.15, 0.2) is 34.3 Å². The van der Waals surface area contributed by atoms with Gasteiger partial charge in [-0.05, 0) is 32.4 Å². The SMILES string of the molecule is CCN(CC)C(=O)n1cc(C#N)c(S(=O)(=O)c2c(C)cccc2Cl)n1. The number of rotatable bonds is 4. The Morgan fingerprint density at radius 2 is 2.00 bits per heavy atom. The molecule has 0 radical (unpaired) electrons. The van der Waals surface area contributed by atoms with Gasteiger partial charge in [0.15, 0.2) is 5.03 Å². The van der Waals surface area contributed by atoms with Gasteiger partial charge in [0.25, 0.3) is 0 Å². The van der Waals surface area contributed by atoms with Gasteiger partial charge in [-0.1, -0.05) is 23.7 Å². The lowest BCUT2D eigenvalue weighted by Gasteiger charge is -2.17. The Bertz CT molecular complexity index is 936. The van der Waals surface area contributed by atoms with Crippen molar-refractivity contribution >= 4 is 27.5 Å². The van der Waals surface area contributed by atoms with Crippen LogP contribution in [0.4, 0.5) is 4.79 Å². The third-order valence-corrected chi connectivity index (χ3v) is 6.03. The van der Waals surface area contributed by atoms with Crippen LogP contribution in [0.25, 0.3) is 0 Å². The second-order valence-corrected chi connectivity index (χ2v) is 7.46. The van der Waals surface area contributed by atoms with Crippen LogP contribution in [0.3, 0.4) is 0 Å². The Kier molecular flexibility index (Phi) is 5.50. The minimum Gasteiger partial charge on any atom is -0.323 e. The summed E-state index contributed by atoms with van der Waals surface area (Å²) in [5, 5.41) is 12.7. The molecule has 9 heteroatoms. The molecule has 0 saturated heterocycles. The predicted octanol–water partition coefficient (Wildman–Crippen LogP) is 2.86. The summed E-state index contributed by atoms with van der Waals surface area (Å²) in [6.07, 6.45) is 1.12. The highest BCUT2D eigenvalue weighted by molar-refractivity contribution is 7.91. The summed E-state index contributed by atoms with van der Waals surface area (Å²) < 4.78 is 26.8. The summed E-state index contributed by atoms with van der Waals surface area (Å²) in [7, 11) is -4.15. The van der Waals surface area contributed by atoms with Crippen molar-refractivity contribution in [1.29, 1.82) is 5.26 Å². The molecule has 0 aliphatic rings. The monoisotopic (exact) mass is 380 g/mol. The van der Waals surface area contributed by atoms with Crippen LogP contribution in [0.2, 0.25) is 5.02 Å². The molecule has 0 atom stereocenters. The molecule has 0 bridgehead atoms. The normalized spacial score (nSPS) is 11.2. The van der Waals surface area contributed by atoms with Crippen LogP contribution in [0.5, 0.6) is 0 Å². The first-order valence-electron chi connectivity index (χ1n) is 7.57. The lowest BCUT2D eigenvalue weighted by Crippen LogP contribution is -2.34. The van der Waals surface area contributed by atoms with Crippen molar-refractivity contribution in [2.24, 2.45) is 0 Å². The second-order valence-electron chi connectivity index (χ2n) is 5.25. The number of benzene rings is 1. The van der Waals surface area contributed by atoms with Gasteiger partial charge in [-0.25, -0.2) is 13.2 Å². The Labute approximate surface area is 151 Å². The van der Waals surface area contributed by atoms with Crippen LogP contribution in [0.1, 0.15) is 25.0 Å².